The quantitative estimate of drug-likeness (QED) is 0.729. The van der Waals surface area contributed by atoms with Crippen molar-refractivity contribution < 1.29 is 0 Å². The highest BCUT2D eigenvalue weighted by Gasteiger charge is 2.22. The van der Waals surface area contributed by atoms with Gasteiger partial charge in [0.1, 0.15) is 0 Å². The summed E-state index contributed by atoms with van der Waals surface area (Å²) in [5.41, 5.74) is 2.98. The molecule has 1 unspecified atom stereocenters. The number of hydrogen-bond donors (Lipinski definition) is 1. The summed E-state index contributed by atoms with van der Waals surface area (Å²) in [6.07, 6.45) is 11.0. The summed E-state index contributed by atoms with van der Waals surface area (Å²) in [5, 5.41) is 3.84. The van der Waals surface area contributed by atoms with E-state index in [0.29, 0.717) is 6.04 Å². The van der Waals surface area contributed by atoms with Crippen molar-refractivity contribution in [1.82, 2.24) is 5.32 Å². The molecule has 0 radical (unpaired) electrons. The molecule has 112 valence electrons. The monoisotopic (exact) mass is 273 g/mol. The molecule has 1 N–H and O–H groups in total. The van der Waals surface area contributed by atoms with Gasteiger partial charge in [-0.25, -0.2) is 0 Å². The van der Waals surface area contributed by atoms with E-state index in [1.54, 1.807) is 0 Å². The average molecular weight is 273 g/mol. The average Bonchev–Trinajstić information content (AvgIpc) is 2.74. The molecular weight excluding hydrogens is 242 g/mol. The minimum Gasteiger partial charge on any atom is -0.313 e. The van der Waals surface area contributed by atoms with Gasteiger partial charge < -0.3 is 5.32 Å². The molecule has 1 aliphatic rings. The van der Waals surface area contributed by atoms with Crippen LogP contribution in [-0.2, 0) is 6.42 Å². The van der Waals surface area contributed by atoms with Gasteiger partial charge in [0.2, 0.25) is 0 Å². The fraction of sp³-hybridized carbons (Fsp3) is 0.684. The van der Waals surface area contributed by atoms with Crippen LogP contribution in [0.4, 0.5) is 0 Å². The molecule has 0 amide bonds. The molecule has 0 bridgehead atoms. The second kappa shape index (κ2) is 8.46. The van der Waals surface area contributed by atoms with Gasteiger partial charge in [0, 0.05) is 6.04 Å². The third kappa shape index (κ3) is 4.63. The van der Waals surface area contributed by atoms with Crippen LogP contribution < -0.4 is 5.32 Å². The Labute approximate surface area is 125 Å². The number of hydrogen-bond acceptors (Lipinski definition) is 1. The second-order valence-electron chi connectivity index (χ2n) is 6.44. The number of benzene rings is 1. The largest absolute Gasteiger partial charge is 0.313 e. The van der Waals surface area contributed by atoms with E-state index >= 15 is 0 Å². The topological polar surface area (TPSA) is 12.0 Å². The minimum atomic E-state index is 0.675. The lowest BCUT2D eigenvalue weighted by atomic mass is 9.86. The van der Waals surface area contributed by atoms with Crippen LogP contribution >= 0.6 is 0 Å². The maximum absolute atomic E-state index is 3.84. The Kier molecular flexibility index (Phi) is 6.59. The summed E-state index contributed by atoms with van der Waals surface area (Å²) < 4.78 is 0. The van der Waals surface area contributed by atoms with E-state index in [-0.39, 0.29) is 0 Å². The van der Waals surface area contributed by atoms with Gasteiger partial charge in [-0.3, -0.25) is 0 Å². The zero-order valence-electron chi connectivity index (χ0n) is 13.3. The molecule has 1 nitrogen and oxygen atoms in total. The van der Waals surface area contributed by atoms with Gasteiger partial charge in [-0.05, 0) is 56.2 Å². The molecule has 1 fully saturated rings. The highest BCUT2D eigenvalue weighted by atomic mass is 14.9. The Morgan fingerprint density at radius 3 is 2.45 bits per heavy atom. The summed E-state index contributed by atoms with van der Waals surface area (Å²) in [6.45, 7) is 5.68. The highest BCUT2D eigenvalue weighted by Crippen LogP contribution is 2.27. The molecule has 2 rings (SSSR count). The lowest BCUT2D eigenvalue weighted by molar-refractivity contribution is 0.317. The molecule has 1 saturated carbocycles. The summed E-state index contributed by atoms with van der Waals surface area (Å²) in [4.78, 5) is 0. The third-order valence-electron chi connectivity index (χ3n) is 4.83. The fourth-order valence-electron chi connectivity index (χ4n) is 3.52. The van der Waals surface area contributed by atoms with Crippen LogP contribution in [-0.4, -0.2) is 12.6 Å². The maximum Gasteiger partial charge on any atom is 0.0136 e. The van der Waals surface area contributed by atoms with Crippen molar-refractivity contribution in [3.8, 4) is 0 Å². The zero-order valence-corrected chi connectivity index (χ0v) is 13.3. The van der Waals surface area contributed by atoms with Gasteiger partial charge in [-0.2, -0.15) is 0 Å². The van der Waals surface area contributed by atoms with Crippen molar-refractivity contribution in [2.45, 2.75) is 71.3 Å². The van der Waals surface area contributed by atoms with Crippen molar-refractivity contribution in [2.75, 3.05) is 6.54 Å². The predicted octanol–water partition coefficient (Wildman–Crippen LogP) is 4.88. The van der Waals surface area contributed by atoms with Crippen molar-refractivity contribution in [2.24, 2.45) is 5.92 Å². The van der Waals surface area contributed by atoms with E-state index in [0.717, 1.165) is 12.5 Å². The number of aryl methyl sites for hydroxylation is 1. The van der Waals surface area contributed by atoms with Crippen LogP contribution in [0.5, 0.6) is 0 Å². The van der Waals surface area contributed by atoms with Crippen LogP contribution in [0.3, 0.4) is 0 Å². The van der Waals surface area contributed by atoms with E-state index in [1.807, 2.05) is 0 Å². The molecule has 1 aliphatic carbocycles. The first-order chi connectivity index (χ1) is 9.81. The van der Waals surface area contributed by atoms with Gasteiger partial charge in [0.15, 0.2) is 0 Å². The summed E-state index contributed by atoms with van der Waals surface area (Å²) in [7, 11) is 0. The van der Waals surface area contributed by atoms with Crippen LogP contribution in [0.25, 0.3) is 0 Å². The van der Waals surface area contributed by atoms with E-state index in [4.69, 9.17) is 0 Å². The van der Waals surface area contributed by atoms with E-state index < -0.39 is 0 Å². The lowest BCUT2D eigenvalue weighted by Crippen LogP contribution is -2.38. The fourth-order valence-corrected chi connectivity index (χ4v) is 3.52. The molecule has 20 heavy (non-hydrogen) atoms. The smallest absolute Gasteiger partial charge is 0.0136 e. The first-order valence-electron chi connectivity index (χ1n) is 8.59. The zero-order chi connectivity index (χ0) is 14.2. The van der Waals surface area contributed by atoms with Gasteiger partial charge in [-0.15, -0.1) is 0 Å². The summed E-state index contributed by atoms with van der Waals surface area (Å²) in [5.74, 6) is 0.878. The highest BCUT2D eigenvalue weighted by molar-refractivity contribution is 5.26. The van der Waals surface area contributed by atoms with Crippen molar-refractivity contribution in [3.63, 3.8) is 0 Å². The van der Waals surface area contributed by atoms with Gasteiger partial charge in [0.05, 0.1) is 0 Å². The lowest BCUT2D eigenvalue weighted by Gasteiger charge is -2.28. The number of nitrogens with one attached hydrogen (secondary N) is 1. The molecule has 1 atom stereocenters. The van der Waals surface area contributed by atoms with Crippen LogP contribution in [0.15, 0.2) is 24.3 Å². The van der Waals surface area contributed by atoms with E-state index in [1.165, 1.54) is 62.5 Å². The van der Waals surface area contributed by atoms with Crippen LogP contribution in [0.1, 0.15) is 63.0 Å². The Balaban J connectivity index is 2.04. The molecule has 0 saturated heterocycles. The van der Waals surface area contributed by atoms with Crippen LogP contribution in [0.2, 0.25) is 0 Å². The Hall–Kier alpha value is -0.820. The first-order valence-corrected chi connectivity index (χ1v) is 8.59. The molecule has 1 aromatic rings. The summed E-state index contributed by atoms with van der Waals surface area (Å²) >= 11 is 0. The maximum atomic E-state index is 3.84. The minimum absolute atomic E-state index is 0.675. The standard InChI is InChI=1S/C19H31N/c1-3-14-20-19(17-11-6-4-5-7-12-17)15-18-13-9-8-10-16(18)2/h8-10,13,17,19-20H,3-7,11-12,14-15H2,1-2H3. The Bertz CT molecular complexity index is 377. The van der Waals surface area contributed by atoms with E-state index in [2.05, 4.69) is 43.4 Å². The Morgan fingerprint density at radius 2 is 1.80 bits per heavy atom. The van der Waals surface area contributed by atoms with E-state index in [9.17, 15) is 0 Å². The van der Waals surface area contributed by atoms with Gasteiger partial charge >= 0.3 is 0 Å². The summed E-state index contributed by atoms with van der Waals surface area (Å²) in [6, 6.07) is 9.58. The van der Waals surface area contributed by atoms with Gasteiger partial charge in [0.25, 0.3) is 0 Å². The van der Waals surface area contributed by atoms with Crippen molar-refractivity contribution in [3.05, 3.63) is 35.4 Å². The molecule has 1 heteroatoms. The Morgan fingerprint density at radius 1 is 1.10 bits per heavy atom. The predicted molar refractivity (Wildman–Crippen MR) is 88.2 cm³/mol. The SMILES string of the molecule is CCCNC(Cc1ccccc1C)C1CCCCCC1. The third-order valence-corrected chi connectivity index (χ3v) is 4.83. The van der Waals surface area contributed by atoms with Crippen molar-refractivity contribution >= 4 is 0 Å². The first kappa shape index (κ1) is 15.6. The molecule has 0 aromatic heterocycles. The number of rotatable bonds is 6. The molecule has 0 aliphatic heterocycles. The normalized spacial score (nSPS) is 18.7. The van der Waals surface area contributed by atoms with Crippen LogP contribution in [0, 0.1) is 12.8 Å². The molecule has 0 heterocycles. The van der Waals surface area contributed by atoms with Gasteiger partial charge in [-0.1, -0.05) is 56.9 Å². The van der Waals surface area contributed by atoms with Crippen molar-refractivity contribution in [1.29, 1.82) is 0 Å². The second-order valence-corrected chi connectivity index (χ2v) is 6.44. The molecule has 1 aromatic carbocycles. The molecular formula is C19H31N. The molecule has 0 spiro atoms.